The van der Waals surface area contributed by atoms with Gasteiger partial charge in [0.15, 0.2) is 0 Å². The van der Waals surface area contributed by atoms with E-state index in [0.717, 1.165) is 30.5 Å². The molecule has 1 aliphatic rings. The highest BCUT2D eigenvalue weighted by atomic mass is 16.5. The second kappa shape index (κ2) is 6.27. The fraction of sp³-hybridized carbons (Fsp3) is 0.667. The molecule has 5 nitrogen and oxygen atoms in total. The number of amidine groups is 1. The Labute approximate surface area is 102 Å². The van der Waals surface area contributed by atoms with Crippen molar-refractivity contribution in [2.24, 2.45) is 0 Å². The summed E-state index contributed by atoms with van der Waals surface area (Å²) in [6, 6.07) is 0. The maximum atomic E-state index is 11.3. The summed E-state index contributed by atoms with van der Waals surface area (Å²) >= 11 is 0. The summed E-state index contributed by atoms with van der Waals surface area (Å²) in [7, 11) is 3.62. The fourth-order valence-electron chi connectivity index (χ4n) is 1.99. The van der Waals surface area contributed by atoms with Gasteiger partial charge in [-0.3, -0.25) is 10.2 Å². The molecule has 2 N–H and O–H groups in total. The Morgan fingerprint density at radius 3 is 2.82 bits per heavy atom. The molecule has 0 heterocycles. The zero-order valence-corrected chi connectivity index (χ0v) is 10.8. The van der Waals surface area contributed by atoms with Gasteiger partial charge in [0.1, 0.15) is 12.4 Å². The summed E-state index contributed by atoms with van der Waals surface area (Å²) < 4.78 is 4.87. The maximum Gasteiger partial charge on any atom is 0.325 e. The van der Waals surface area contributed by atoms with Gasteiger partial charge < -0.3 is 15.0 Å². The maximum absolute atomic E-state index is 11.3. The summed E-state index contributed by atoms with van der Waals surface area (Å²) in [5.74, 6) is 0.129. The van der Waals surface area contributed by atoms with Gasteiger partial charge in [0.25, 0.3) is 0 Å². The van der Waals surface area contributed by atoms with E-state index < -0.39 is 0 Å². The summed E-state index contributed by atoms with van der Waals surface area (Å²) in [5.41, 5.74) is 2.13. The zero-order chi connectivity index (χ0) is 12.8. The monoisotopic (exact) mass is 239 g/mol. The van der Waals surface area contributed by atoms with E-state index >= 15 is 0 Å². The highest BCUT2D eigenvalue weighted by molar-refractivity contribution is 5.98. The molecule has 0 atom stereocenters. The van der Waals surface area contributed by atoms with Crippen molar-refractivity contribution >= 4 is 11.8 Å². The first-order chi connectivity index (χ1) is 8.10. The topological polar surface area (TPSA) is 65.4 Å². The first-order valence-corrected chi connectivity index (χ1v) is 5.95. The van der Waals surface area contributed by atoms with Crippen LogP contribution in [0.25, 0.3) is 0 Å². The van der Waals surface area contributed by atoms with E-state index in [-0.39, 0.29) is 12.5 Å². The lowest BCUT2D eigenvalue weighted by Gasteiger charge is -2.20. The second-order valence-electron chi connectivity index (χ2n) is 4.07. The van der Waals surface area contributed by atoms with Gasteiger partial charge in [-0.1, -0.05) is 0 Å². The second-order valence-corrected chi connectivity index (χ2v) is 4.07. The Bertz CT molecular complexity index is 337. The highest BCUT2D eigenvalue weighted by Crippen LogP contribution is 2.25. The lowest BCUT2D eigenvalue weighted by atomic mass is 10.2. The average Bonchev–Trinajstić information content (AvgIpc) is 2.76. The number of carbonyl (C=O) groups is 1. The third-order valence-corrected chi connectivity index (χ3v) is 2.86. The number of nitrogens with one attached hydrogen (secondary N) is 2. The van der Waals surface area contributed by atoms with Crippen LogP contribution in [0.4, 0.5) is 0 Å². The molecule has 0 aromatic carbocycles. The van der Waals surface area contributed by atoms with Crippen LogP contribution in [0.2, 0.25) is 0 Å². The predicted octanol–water partition coefficient (Wildman–Crippen LogP) is 1.12. The molecule has 0 aromatic heterocycles. The van der Waals surface area contributed by atoms with Gasteiger partial charge in [-0.05, 0) is 26.2 Å². The molecule has 5 heteroatoms. The molecule has 0 aromatic rings. The van der Waals surface area contributed by atoms with Crippen molar-refractivity contribution in [1.29, 1.82) is 5.41 Å². The smallest absolute Gasteiger partial charge is 0.325 e. The molecule has 0 aliphatic heterocycles. The van der Waals surface area contributed by atoms with Crippen molar-refractivity contribution in [2.75, 3.05) is 27.2 Å². The molecule has 0 bridgehead atoms. The summed E-state index contributed by atoms with van der Waals surface area (Å²) in [4.78, 5) is 13.0. The normalized spacial score (nSPS) is 14.8. The molecule has 0 spiro atoms. The Balaban J connectivity index is 2.60. The third-order valence-electron chi connectivity index (χ3n) is 2.86. The number of esters is 1. The first kappa shape index (κ1) is 13.5. The van der Waals surface area contributed by atoms with E-state index in [9.17, 15) is 4.79 Å². The quantitative estimate of drug-likeness (QED) is 0.428. The van der Waals surface area contributed by atoms with E-state index in [0.29, 0.717) is 12.4 Å². The van der Waals surface area contributed by atoms with E-state index in [1.807, 2.05) is 7.05 Å². The van der Waals surface area contributed by atoms with Crippen molar-refractivity contribution < 1.29 is 9.53 Å². The Morgan fingerprint density at radius 2 is 2.24 bits per heavy atom. The minimum atomic E-state index is -0.288. The van der Waals surface area contributed by atoms with Gasteiger partial charge in [0, 0.05) is 25.4 Å². The van der Waals surface area contributed by atoms with Gasteiger partial charge in [-0.2, -0.15) is 0 Å². The van der Waals surface area contributed by atoms with Crippen LogP contribution < -0.4 is 5.32 Å². The molecule has 96 valence electrons. The minimum absolute atomic E-state index is 0.132. The molecular formula is C12H21N3O2. The number of allylic oxidation sites excluding steroid dienone is 1. The Hall–Kier alpha value is -1.52. The van der Waals surface area contributed by atoms with Crippen molar-refractivity contribution in [3.63, 3.8) is 0 Å². The Kier molecular flexibility index (Phi) is 5.00. The molecular weight excluding hydrogens is 218 g/mol. The van der Waals surface area contributed by atoms with Gasteiger partial charge in [-0.25, -0.2) is 0 Å². The lowest BCUT2D eigenvalue weighted by molar-refractivity contribution is -0.143. The van der Waals surface area contributed by atoms with Gasteiger partial charge in [-0.15, -0.1) is 0 Å². The molecule has 0 saturated carbocycles. The molecule has 1 aliphatic carbocycles. The van der Waals surface area contributed by atoms with Crippen LogP contribution in [0.15, 0.2) is 11.3 Å². The van der Waals surface area contributed by atoms with E-state index in [4.69, 9.17) is 10.1 Å². The number of ether oxygens (including phenoxy) is 1. The first-order valence-electron chi connectivity index (χ1n) is 5.95. The molecule has 1 rings (SSSR count). The van der Waals surface area contributed by atoms with Crippen molar-refractivity contribution in [3.8, 4) is 0 Å². The van der Waals surface area contributed by atoms with Crippen LogP contribution in [-0.2, 0) is 9.53 Å². The standard InChI is InChI=1S/C12H21N3O2/c1-4-17-11(16)8-15(3)12(13)9-6-5-7-10(9)14-2/h13-14H,4-8H2,1-3H3. The number of rotatable bonds is 5. The third kappa shape index (κ3) is 3.47. The number of hydrogen-bond acceptors (Lipinski definition) is 4. The van der Waals surface area contributed by atoms with Crippen LogP contribution in [0.3, 0.4) is 0 Å². The highest BCUT2D eigenvalue weighted by Gasteiger charge is 2.21. The van der Waals surface area contributed by atoms with Crippen molar-refractivity contribution in [3.05, 3.63) is 11.3 Å². The minimum Gasteiger partial charge on any atom is -0.465 e. The van der Waals surface area contributed by atoms with Gasteiger partial charge in [0.05, 0.1) is 6.61 Å². The van der Waals surface area contributed by atoms with Crippen LogP contribution in [0.1, 0.15) is 26.2 Å². The average molecular weight is 239 g/mol. The SMILES string of the molecule is CCOC(=O)CN(C)C(=N)C1=C(NC)CCC1. The number of likely N-dealkylation sites (N-methyl/N-ethyl adjacent to an activating group) is 1. The number of hydrogen-bond donors (Lipinski definition) is 2. The summed E-state index contributed by atoms with van der Waals surface area (Å²) in [6.45, 7) is 2.29. The van der Waals surface area contributed by atoms with Crippen LogP contribution in [0.5, 0.6) is 0 Å². The van der Waals surface area contributed by atoms with E-state index in [2.05, 4.69) is 5.32 Å². The van der Waals surface area contributed by atoms with Crippen LogP contribution in [0, 0.1) is 5.41 Å². The summed E-state index contributed by atoms with van der Waals surface area (Å²) in [6.07, 6.45) is 2.96. The lowest BCUT2D eigenvalue weighted by Crippen LogP contribution is -2.34. The van der Waals surface area contributed by atoms with Gasteiger partial charge in [0.2, 0.25) is 0 Å². The van der Waals surface area contributed by atoms with Gasteiger partial charge >= 0.3 is 5.97 Å². The molecule has 0 amide bonds. The fourth-order valence-corrected chi connectivity index (χ4v) is 1.99. The van der Waals surface area contributed by atoms with Crippen LogP contribution in [-0.4, -0.2) is 44.0 Å². The largest absolute Gasteiger partial charge is 0.465 e. The van der Waals surface area contributed by atoms with E-state index in [1.165, 1.54) is 0 Å². The number of nitrogens with zero attached hydrogens (tertiary/aromatic N) is 1. The molecule has 0 saturated heterocycles. The predicted molar refractivity (Wildman–Crippen MR) is 66.9 cm³/mol. The number of carbonyl (C=O) groups excluding carboxylic acids is 1. The molecule has 0 fully saturated rings. The van der Waals surface area contributed by atoms with E-state index in [1.54, 1.807) is 18.9 Å². The molecule has 0 unspecified atom stereocenters. The Morgan fingerprint density at radius 1 is 1.53 bits per heavy atom. The van der Waals surface area contributed by atoms with Crippen molar-refractivity contribution in [1.82, 2.24) is 10.2 Å². The zero-order valence-electron chi connectivity index (χ0n) is 10.8. The molecule has 17 heavy (non-hydrogen) atoms. The molecule has 0 radical (unpaired) electrons. The summed E-state index contributed by atoms with van der Waals surface area (Å²) in [5, 5.41) is 11.2. The van der Waals surface area contributed by atoms with Crippen LogP contribution >= 0.6 is 0 Å². The van der Waals surface area contributed by atoms with Crippen molar-refractivity contribution in [2.45, 2.75) is 26.2 Å².